The van der Waals surface area contributed by atoms with E-state index in [-0.39, 0.29) is 22.6 Å². The van der Waals surface area contributed by atoms with Gasteiger partial charge in [-0.05, 0) is 18.2 Å². The number of methoxy groups -OCH3 is 1. The van der Waals surface area contributed by atoms with E-state index in [0.29, 0.717) is 11.0 Å². The zero-order valence-corrected chi connectivity index (χ0v) is 13.9. The maximum absolute atomic E-state index is 12.6. The molecule has 1 heterocycles. The molecule has 1 N–H and O–H groups in total. The molecular formula is C15H10N2O8S. The normalized spacial score (nSPS) is 13.7. The lowest BCUT2D eigenvalue weighted by molar-refractivity contribution is -0.387. The second-order valence-electron chi connectivity index (χ2n) is 5.22. The molecule has 2 amide bonds. The van der Waals surface area contributed by atoms with Gasteiger partial charge in [-0.1, -0.05) is 12.1 Å². The molecule has 0 unspecified atom stereocenters. The van der Waals surface area contributed by atoms with Gasteiger partial charge in [0.25, 0.3) is 17.5 Å². The number of benzene rings is 2. The number of fused-ring (bicyclic) bond motifs is 1. The molecule has 134 valence electrons. The molecule has 0 saturated carbocycles. The van der Waals surface area contributed by atoms with Crippen LogP contribution in [0.1, 0.15) is 20.7 Å². The molecule has 0 aromatic heterocycles. The fourth-order valence-electron chi connectivity index (χ4n) is 2.63. The van der Waals surface area contributed by atoms with E-state index in [2.05, 4.69) is 0 Å². The van der Waals surface area contributed by atoms with Crippen LogP contribution in [0, 0.1) is 10.1 Å². The van der Waals surface area contributed by atoms with Crippen LogP contribution in [-0.4, -0.2) is 36.8 Å². The van der Waals surface area contributed by atoms with Crippen LogP contribution in [0.15, 0.2) is 41.3 Å². The zero-order chi connectivity index (χ0) is 19.2. The van der Waals surface area contributed by atoms with E-state index in [0.717, 1.165) is 13.2 Å². The van der Waals surface area contributed by atoms with Crippen molar-refractivity contribution < 1.29 is 32.2 Å². The van der Waals surface area contributed by atoms with Crippen molar-refractivity contribution in [3.8, 4) is 5.75 Å². The SMILES string of the molecule is COc1cc([N+](=O)[O-])c(S(=O)(=O)O)cc1N1C(=O)c2ccccc2C1=O. The molecule has 2 aromatic rings. The lowest BCUT2D eigenvalue weighted by Crippen LogP contribution is -2.30. The zero-order valence-electron chi connectivity index (χ0n) is 13.1. The van der Waals surface area contributed by atoms with Crippen molar-refractivity contribution in [2.24, 2.45) is 0 Å². The predicted molar refractivity (Wildman–Crippen MR) is 87.0 cm³/mol. The minimum Gasteiger partial charge on any atom is -0.494 e. The van der Waals surface area contributed by atoms with Gasteiger partial charge < -0.3 is 4.74 Å². The number of ether oxygens (including phenoxy) is 1. The van der Waals surface area contributed by atoms with Crippen molar-refractivity contribution in [1.29, 1.82) is 0 Å². The fraction of sp³-hybridized carbons (Fsp3) is 0.0667. The summed E-state index contributed by atoms with van der Waals surface area (Å²) < 4.78 is 37.3. The Balaban J connectivity index is 2.28. The van der Waals surface area contributed by atoms with Crippen molar-refractivity contribution in [3.63, 3.8) is 0 Å². The minimum absolute atomic E-state index is 0.0892. The summed E-state index contributed by atoms with van der Waals surface area (Å²) in [7, 11) is -3.87. The van der Waals surface area contributed by atoms with Crippen LogP contribution in [0.25, 0.3) is 0 Å². The Morgan fingerprint density at radius 3 is 2.08 bits per heavy atom. The lowest BCUT2D eigenvalue weighted by atomic mass is 10.1. The van der Waals surface area contributed by atoms with E-state index < -0.39 is 37.4 Å². The summed E-state index contributed by atoms with van der Waals surface area (Å²) in [6.45, 7) is 0. The number of hydrogen-bond acceptors (Lipinski definition) is 7. The van der Waals surface area contributed by atoms with E-state index in [1.165, 1.54) is 12.1 Å². The van der Waals surface area contributed by atoms with E-state index in [4.69, 9.17) is 4.74 Å². The first-order chi connectivity index (χ1) is 12.2. The third kappa shape index (κ3) is 2.59. The first kappa shape index (κ1) is 17.5. The highest BCUT2D eigenvalue weighted by atomic mass is 32.2. The molecule has 2 aromatic carbocycles. The van der Waals surface area contributed by atoms with Crippen LogP contribution >= 0.6 is 0 Å². The van der Waals surface area contributed by atoms with Gasteiger partial charge in [-0.2, -0.15) is 8.42 Å². The van der Waals surface area contributed by atoms with E-state index >= 15 is 0 Å². The Morgan fingerprint density at radius 2 is 1.65 bits per heavy atom. The van der Waals surface area contributed by atoms with Gasteiger partial charge in [-0.25, -0.2) is 4.90 Å². The largest absolute Gasteiger partial charge is 0.494 e. The summed E-state index contributed by atoms with van der Waals surface area (Å²) >= 11 is 0. The Kier molecular flexibility index (Phi) is 3.97. The monoisotopic (exact) mass is 378 g/mol. The van der Waals surface area contributed by atoms with Gasteiger partial charge in [-0.15, -0.1) is 0 Å². The Morgan fingerprint density at radius 1 is 1.12 bits per heavy atom. The molecule has 0 atom stereocenters. The van der Waals surface area contributed by atoms with E-state index in [9.17, 15) is 32.7 Å². The summed E-state index contributed by atoms with van der Waals surface area (Å²) in [4.78, 5) is 34.8. The summed E-state index contributed by atoms with van der Waals surface area (Å²) in [5.41, 5.74) is -1.11. The summed E-state index contributed by atoms with van der Waals surface area (Å²) in [5, 5.41) is 11.1. The molecule has 1 aliphatic rings. The van der Waals surface area contributed by atoms with Crippen LogP contribution in [0.2, 0.25) is 0 Å². The van der Waals surface area contributed by atoms with Crippen molar-refractivity contribution in [3.05, 3.63) is 57.6 Å². The third-order valence-electron chi connectivity index (χ3n) is 3.77. The highest BCUT2D eigenvalue weighted by molar-refractivity contribution is 7.86. The molecule has 0 aliphatic carbocycles. The number of nitro benzene ring substituents is 1. The minimum atomic E-state index is -5.00. The van der Waals surface area contributed by atoms with Crippen LogP contribution in [-0.2, 0) is 10.1 Å². The number of imide groups is 1. The number of carbonyl (C=O) groups excluding carboxylic acids is 2. The van der Waals surface area contributed by atoms with Crippen LogP contribution in [0.5, 0.6) is 5.75 Å². The second kappa shape index (κ2) is 5.89. The first-order valence-electron chi connectivity index (χ1n) is 6.98. The third-order valence-corrected chi connectivity index (χ3v) is 4.65. The number of anilines is 1. The van der Waals surface area contributed by atoms with Gasteiger partial charge in [0.1, 0.15) is 5.75 Å². The van der Waals surface area contributed by atoms with Crippen LogP contribution < -0.4 is 9.64 Å². The number of nitro groups is 1. The van der Waals surface area contributed by atoms with Crippen molar-refractivity contribution in [2.75, 3.05) is 12.0 Å². The molecule has 26 heavy (non-hydrogen) atoms. The summed E-state index contributed by atoms with van der Waals surface area (Å²) in [5.74, 6) is -1.78. The van der Waals surface area contributed by atoms with Gasteiger partial charge in [0.2, 0.25) is 0 Å². The Hall–Kier alpha value is -3.31. The molecule has 11 heteroatoms. The highest BCUT2D eigenvalue weighted by Gasteiger charge is 2.39. The van der Waals surface area contributed by atoms with Crippen molar-refractivity contribution in [1.82, 2.24) is 0 Å². The van der Waals surface area contributed by atoms with Crippen LogP contribution in [0.3, 0.4) is 0 Å². The van der Waals surface area contributed by atoms with Crippen molar-refractivity contribution in [2.45, 2.75) is 4.90 Å². The van der Waals surface area contributed by atoms with E-state index in [1.54, 1.807) is 12.1 Å². The van der Waals surface area contributed by atoms with Gasteiger partial charge in [0.15, 0.2) is 4.90 Å². The number of nitrogens with zero attached hydrogens (tertiary/aromatic N) is 2. The average Bonchev–Trinajstić information content (AvgIpc) is 2.84. The number of carbonyl (C=O) groups is 2. The van der Waals surface area contributed by atoms with Gasteiger partial charge in [0.05, 0.1) is 34.9 Å². The van der Waals surface area contributed by atoms with E-state index in [1.807, 2.05) is 0 Å². The fourth-order valence-corrected chi connectivity index (χ4v) is 3.29. The quantitative estimate of drug-likeness (QED) is 0.366. The maximum atomic E-state index is 12.6. The Bertz CT molecular complexity index is 1040. The van der Waals surface area contributed by atoms with Crippen LogP contribution in [0.4, 0.5) is 11.4 Å². The molecular weight excluding hydrogens is 368 g/mol. The highest BCUT2D eigenvalue weighted by Crippen LogP contribution is 2.40. The first-order valence-corrected chi connectivity index (χ1v) is 8.42. The smallest absolute Gasteiger partial charge is 0.301 e. The van der Waals surface area contributed by atoms with Gasteiger partial charge >= 0.3 is 10.1 Å². The lowest BCUT2D eigenvalue weighted by Gasteiger charge is -2.18. The molecule has 10 nitrogen and oxygen atoms in total. The summed E-state index contributed by atoms with van der Waals surface area (Å²) in [6, 6.07) is 7.30. The predicted octanol–water partition coefficient (Wildman–Crippen LogP) is 1.65. The molecule has 1 aliphatic heterocycles. The molecule has 0 spiro atoms. The molecule has 0 saturated heterocycles. The topological polar surface area (TPSA) is 144 Å². The molecule has 0 bridgehead atoms. The maximum Gasteiger partial charge on any atom is 0.301 e. The molecule has 3 rings (SSSR count). The van der Waals surface area contributed by atoms with Gasteiger partial charge in [-0.3, -0.25) is 24.3 Å². The Labute approximate surface area is 146 Å². The standard InChI is InChI=1S/C15H10N2O8S/c1-25-12-6-11(17(20)21)13(26(22,23)24)7-10(12)16-14(18)8-4-2-3-5-9(8)15(16)19/h2-7H,1H3,(H,22,23,24). The summed E-state index contributed by atoms with van der Waals surface area (Å²) in [6.07, 6.45) is 0. The van der Waals surface area contributed by atoms with Gasteiger partial charge in [0, 0.05) is 0 Å². The molecule has 0 fully saturated rings. The number of rotatable bonds is 4. The molecule has 0 radical (unpaired) electrons. The number of hydrogen-bond donors (Lipinski definition) is 1. The van der Waals surface area contributed by atoms with Crippen molar-refractivity contribution >= 4 is 33.3 Å². The number of amides is 2. The average molecular weight is 378 g/mol. The second-order valence-corrected chi connectivity index (χ2v) is 6.61.